The molecule has 0 fully saturated rings. The summed E-state index contributed by atoms with van der Waals surface area (Å²) >= 11 is 1.27. The first-order valence-electron chi connectivity index (χ1n) is 10.8. The van der Waals surface area contributed by atoms with E-state index in [0.717, 1.165) is 30.5 Å². The van der Waals surface area contributed by atoms with Gasteiger partial charge in [-0.3, -0.25) is 4.79 Å². The molecule has 0 unspecified atom stereocenters. The molecule has 1 amide bonds. The van der Waals surface area contributed by atoms with Crippen LogP contribution in [0.5, 0.6) is 0 Å². The molecule has 1 N–H and O–H groups in total. The summed E-state index contributed by atoms with van der Waals surface area (Å²) in [6.07, 6.45) is 5.47. The van der Waals surface area contributed by atoms with E-state index >= 15 is 0 Å². The smallest absolute Gasteiger partial charge is 0.277 e. The van der Waals surface area contributed by atoms with Crippen LogP contribution in [0.1, 0.15) is 69.3 Å². The summed E-state index contributed by atoms with van der Waals surface area (Å²) < 4.78 is 7.47. The number of hydrogen-bond donors (Lipinski definition) is 1. The van der Waals surface area contributed by atoms with Gasteiger partial charge in [0.2, 0.25) is 11.8 Å². The number of hydrogen-bond acceptors (Lipinski definition) is 6. The van der Waals surface area contributed by atoms with E-state index < -0.39 is 0 Å². The summed E-state index contributed by atoms with van der Waals surface area (Å²) in [5, 5.41) is 16.1. The molecule has 0 saturated heterocycles. The number of rotatable bonds is 6. The van der Waals surface area contributed by atoms with Gasteiger partial charge in [-0.15, -0.1) is 10.2 Å². The second-order valence-corrected chi connectivity index (χ2v) is 9.80. The van der Waals surface area contributed by atoms with Gasteiger partial charge in [0.25, 0.3) is 5.22 Å². The summed E-state index contributed by atoms with van der Waals surface area (Å²) in [6.45, 7) is 8.59. The van der Waals surface area contributed by atoms with Crippen molar-refractivity contribution < 1.29 is 9.21 Å². The Morgan fingerprint density at radius 2 is 2.03 bits per heavy atom. The van der Waals surface area contributed by atoms with E-state index in [4.69, 9.17) is 4.42 Å². The van der Waals surface area contributed by atoms with Crippen LogP contribution in [-0.2, 0) is 23.1 Å². The lowest BCUT2D eigenvalue weighted by atomic mass is 9.87. The molecular formula is C23H29N5O2S. The molecule has 0 radical (unpaired) electrons. The predicted molar refractivity (Wildman–Crippen MR) is 120 cm³/mol. The van der Waals surface area contributed by atoms with Crippen molar-refractivity contribution in [1.82, 2.24) is 25.3 Å². The van der Waals surface area contributed by atoms with Crippen LogP contribution in [0.3, 0.4) is 0 Å². The van der Waals surface area contributed by atoms with E-state index in [0.29, 0.717) is 17.5 Å². The minimum atomic E-state index is -0.0404. The summed E-state index contributed by atoms with van der Waals surface area (Å²) in [4.78, 5) is 12.5. The molecule has 2 heterocycles. The predicted octanol–water partition coefficient (Wildman–Crippen LogP) is 4.40. The fraction of sp³-hybridized carbons (Fsp3) is 0.478. The van der Waals surface area contributed by atoms with Crippen LogP contribution in [0.2, 0.25) is 0 Å². The summed E-state index contributed by atoms with van der Waals surface area (Å²) in [7, 11) is 0. The van der Waals surface area contributed by atoms with Gasteiger partial charge in [0, 0.05) is 17.7 Å². The van der Waals surface area contributed by atoms with E-state index in [9.17, 15) is 4.79 Å². The van der Waals surface area contributed by atoms with Gasteiger partial charge in [-0.05, 0) is 42.4 Å². The quantitative estimate of drug-likeness (QED) is 0.573. The van der Waals surface area contributed by atoms with E-state index in [1.54, 1.807) is 0 Å². The first-order chi connectivity index (χ1) is 14.8. The highest BCUT2D eigenvalue weighted by molar-refractivity contribution is 7.99. The zero-order valence-corrected chi connectivity index (χ0v) is 19.3. The van der Waals surface area contributed by atoms with E-state index in [2.05, 4.69) is 65.6 Å². The van der Waals surface area contributed by atoms with Gasteiger partial charge < -0.3 is 9.73 Å². The Kier molecular flexibility index (Phi) is 6.18. The standard InChI is InChI=1S/C23H29N5O2S/c1-5-21-26-27-22(30-21)31-14-20(29)25-18-7-6-8-19-17(18)13-24-28(19)16-11-9-15(10-12-16)23(2,3)4/h9-13,18H,5-8,14H2,1-4H3,(H,25,29)/t18-/m0/s1. The van der Waals surface area contributed by atoms with Crippen LogP contribution < -0.4 is 5.32 Å². The third-order valence-corrected chi connectivity index (χ3v) is 6.39. The molecule has 0 spiro atoms. The van der Waals surface area contributed by atoms with E-state index in [-0.39, 0.29) is 23.1 Å². The van der Waals surface area contributed by atoms with Crippen LogP contribution in [0.15, 0.2) is 40.1 Å². The van der Waals surface area contributed by atoms with Crippen molar-refractivity contribution in [2.75, 3.05) is 5.75 Å². The SMILES string of the molecule is CCc1nnc(SCC(=O)N[C@H]2CCCc3c2cnn3-c2ccc(C(C)(C)C)cc2)o1. The van der Waals surface area contributed by atoms with E-state index in [1.807, 2.05) is 17.8 Å². The molecule has 1 aromatic carbocycles. The first-order valence-corrected chi connectivity index (χ1v) is 11.8. The largest absolute Gasteiger partial charge is 0.416 e. The lowest BCUT2D eigenvalue weighted by Crippen LogP contribution is -2.32. The van der Waals surface area contributed by atoms with E-state index in [1.165, 1.54) is 23.0 Å². The lowest BCUT2D eigenvalue weighted by Gasteiger charge is -2.24. The molecule has 0 aliphatic heterocycles. The molecule has 31 heavy (non-hydrogen) atoms. The maximum Gasteiger partial charge on any atom is 0.277 e. The highest BCUT2D eigenvalue weighted by atomic mass is 32.2. The van der Waals surface area contributed by atoms with Crippen LogP contribution in [-0.4, -0.2) is 31.6 Å². The minimum Gasteiger partial charge on any atom is -0.416 e. The summed E-state index contributed by atoms with van der Waals surface area (Å²) in [5.41, 5.74) is 4.76. The number of benzene rings is 1. The average molecular weight is 440 g/mol. The van der Waals surface area contributed by atoms with Crippen molar-refractivity contribution in [3.8, 4) is 5.69 Å². The topological polar surface area (TPSA) is 85.8 Å². The van der Waals surface area contributed by atoms with Crippen molar-refractivity contribution in [3.05, 3.63) is 53.2 Å². The molecule has 164 valence electrons. The number of aromatic nitrogens is 4. The Hall–Kier alpha value is -2.61. The summed E-state index contributed by atoms with van der Waals surface area (Å²) in [6, 6.07) is 8.57. The molecule has 3 aromatic rings. The van der Waals surface area contributed by atoms with Crippen molar-refractivity contribution >= 4 is 17.7 Å². The zero-order valence-electron chi connectivity index (χ0n) is 18.5. The van der Waals surface area contributed by atoms with Gasteiger partial charge in [0.1, 0.15) is 0 Å². The van der Waals surface area contributed by atoms with Gasteiger partial charge in [-0.25, -0.2) is 4.68 Å². The number of aryl methyl sites for hydroxylation is 1. The fourth-order valence-electron chi connectivity index (χ4n) is 3.83. The highest BCUT2D eigenvalue weighted by Gasteiger charge is 2.26. The molecule has 8 heteroatoms. The van der Waals surface area contributed by atoms with Crippen LogP contribution in [0.4, 0.5) is 0 Å². The second kappa shape index (κ2) is 8.86. The first kappa shape index (κ1) is 21.6. The lowest BCUT2D eigenvalue weighted by molar-refractivity contribution is -0.119. The molecule has 7 nitrogen and oxygen atoms in total. The van der Waals surface area contributed by atoms with Crippen molar-refractivity contribution in [2.45, 2.75) is 70.1 Å². The second-order valence-electron chi connectivity index (χ2n) is 8.87. The average Bonchev–Trinajstić information content (AvgIpc) is 3.39. The Morgan fingerprint density at radius 1 is 1.26 bits per heavy atom. The van der Waals surface area contributed by atoms with Gasteiger partial charge in [-0.1, -0.05) is 51.6 Å². The molecule has 1 aliphatic rings. The molecule has 2 aromatic heterocycles. The van der Waals surface area contributed by atoms with Crippen LogP contribution >= 0.6 is 11.8 Å². The third kappa shape index (κ3) is 4.84. The monoisotopic (exact) mass is 439 g/mol. The summed E-state index contributed by atoms with van der Waals surface area (Å²) in [5.74, 6) is 0.795. The van der Waals surface area contributed by atoms with Gasteiger partial charge in [0.05, 0.1) is 23.7 Å². The Morgan fingerprint density at radius 3 is 2.71 bits per heavy atom. The maximum absolute atomic E-state index is 12.5. The Bertz CT molecular complexity index is 1050. The third-order valence-electron chi connectivity index (χ3n) is 5.57. The number of carbonyl (C=O) groups is 1. The molecule has 4 rings (SSSR count). The number of amides is 1. The van der Waals surface area contributed by atoms with Gasteiger partial charge in [0.15, 0.2) is 0 Å². The number of nitrogens with zero attached hydrogens (tertiary/aromatic N) is 4. The van der Waals surface area contributed by atoms with Crippen molar-refractivity contribution in [1.29, 1.82) is 0 Å². The highest BCUT2D eigenvalue weighted by Crippen LogP contribution is 2.32. The Labute approximate surface area is 187 Å². The number of fused-ring (bicyclic) bond motifs is 1. The maximum atomic E-state index is 12.5. The van der Waals surface area contributed by atoms with Crippen molar-refractivity contribution in [3.63, 3.8) is 0 Å². The van der Waals surface area contributed by atoms with Gasteiger partial charge >= 0.3 is 0 Å². The zero-order chi connectivity index (χ0) is 22.0. The van der Waals surface area contributed by atoms with Crippen LogP contribution in [0.25, 0.3) is 5.69 Å². The van der Waals surface area contributed by atoms with Crippen LogP contribution in [0, 0.1) is 0 Å². The number of thioether (sulfide) groups is 1. The fourth-order valence-corrected chi connectivity index (χ4v) is 4.43. The number of carbonyl (C=O) groups excluding carboxylic acids is 1. The van der Waals surface area contributed by atoms with Gasteiger partial charge in [-0.2, -0.15) is 5.10 Å². The molecular weight excluding hydrogens is 410 g/mol. The molecule has 1 atom stereocenters. The molecule has 1 aliphatic carbocycles. The minimum absolute atomic E-state index is 0.0201. The molecule has 0 saturated carbocycles. The molecule has 0 bridgehead atoms. The normalized spacial score (nSPS) is 16.2. The van der Waals surface area contributed by atoms with Crippen molar-refractivity contribution in [2.24, 2.45) is 0 Å². The number of nitrogens with one attached hydrogen (secondary N) is 1. The Balaban J connectivity index is 1.44.